The molecule has 0 spiro atoms. The number of carbonyl (C=O) groups excluding carboxylic acids is 1. The van der Waals surface area contributed by atoms with Crippen LogP contribution in [-0.4, -0.2) is 44.9 Å². The molecule has 0 bridgehead atoms. The molecule has 3 atom stereocenters. The van der Waals surface area contributed by atoms with E-state index in [2.05, 4.69) is 10.3 Å². The molecule has 18 heavy (non-hydrogen) atoms. The van der Waals surface area contributed by atoms with E-state index >= 15 is 0 Å². The smallest absolute Gasteiger partial charge is 0.224 e. The van der Waals surface area contributed by atoms with E-state index in [1.165, 1.54) is 6.42 Å². The van der Waals surface area contributed by atoms with E-state index in [-0.39, 0.29) is 5.91 Å². The monoisotopic (exact) mass is 249 g/mol. The Balaban J connectivity index is 1.52. The lowest BCUT2D eigenvalue weighted by atomic mass is 9.98. The topological polar surface area (TPSA) is 77.0 Å². The largest absolute Gasteiger partial charge is 0.342 e. The van der Waals surface area contributed by atoms with Crippen molar-refractivity contribution in [2.24, 2.45) is 17.6 Å². The molecule has 1 saturated carbocycles. The number of rotatable bonds is 3. The summed E-state index contributed by atoms with van der Waals surface area (Å²) >= 11 is 0. The predicted octanol–water partition coefficient (Wildman–Crippen LogP) is -0.136. The number of nitrogens with two attached hydrogens (primary N) is 1. The molecule has 2 fully saturated rings. The molecule has 2 aliphatic rings. The van der Waals surface area contributed by atoms with Crippen molar-refractivity contribution in [3.8, 4) is 0 Å². The number of likely N-dealkylation sites (tertiary alicyclic amines) is 1. The first-order valence-electron chi connectivity index (χ1n) is 6.61. The highest BCUT2D eigenvalue weighted by atomic mass is 16.2. The maximum absolute atomic E-state index is 12.1. The third-order valence-electron chi connectivity index (χ3n) is 4.29. The summed E-state index contributed by atoms with van der Waals surface area (Å²) in [6.07, 6.45) is 6.21. The van der Waals surface area contributed by atoms with Crippen LogP contribution in [0.25, 0.3) is 0 Å². The maximum Gasteiger partial charge on any atom is 0.224 e. The lowest BCUT2D eigenvalue weighted by Gasteiger charge is -2.18. The van der Waals surface area contributed by atoms with Crippen LogP contribution in [0.2, 0.25) is 0 Å². The van der Waals surface area contributed by atoms with E-state index in [0.717, 1.165) is 19.5 Å². The standard InChI is InChI=1S/C12H19N5O/c13-11-2-1-9-7-16(8-10(9)11)12(18)3-5-17-6-4-14-15-17/h4,6,9-11H,1-3,5,7-8,13H2. The first-order valence-corrected chi connectivity index (χ1v) is 6.61. The van der Waals surface area contributed by atoms with E-state index in [4.69, 9.17) is 5.73 Å². The molecule has 6 heteroatoms. The molecular formula is C12H19N5O. The van der Waals surface area contributed by atoms with Crippen molar-refractivity contribution in [2.45, 2.75) is 31.8 Å². The third kappa shape index (κ3) is 2.12. The lowest BCUT2D eigenvalue weighted by molar-refractivity contribution is -0.130. The number of aryl methyl sites for hydroxylation is 1. The normalized spacial score (nSPS) is 30.7. The molecule has 1 aromatic rings. The average Bonchev–Trinajstić information content (AvgIpc) is 3.05. The van der Waals surface area contributed by atoms with Gasteiger partial charge in [0, 0.05) is 31.7 Å². The quantitative estimate of drug-likeness (QED) is 0.809. The first kappa shape index (κ1) is 11.6. The second-order valence-electron chi connectivity index (χ2n) is 5.38. The molecular weight excluding hydrogens is 230 g/mol. The number of carbonyl (C=O) groups is 1. The Morgan fingerprint density at radius 2 is 2.28 bits per heavy atom. The van der Waals surface area contributed by atoms with Gasteiger partial charge in [0.05, 0.1) is 12.7 Å². The Kier molecular flexibility index (Phi) is 3.03. The molecule has 6 nitrogen and oxygen atoms in total. The van der Waals surface area contributed by atoms with Crippen LogP contribution in [0.15, 0.2) is 12.4 Å². The van der Waals surface area contributed by atoms with Crippen molar-refractivity contribution in [3.05, 3.63) is 12.4 Å². The first-order chi connectivity index (χ1) is 8.74. The van der Waals surface area contributed by atoms with Crippen LogP contribution < -0.4 is 5.73 Å². The predicted molar refractivity (Wildman–Crippen MR) is 65.4 cm³/mol. The van der Waals surface area contributed by atoms with Crippen molar-refractivity contribution < 1.29 is 4.79 Å². The molecule has 1 aliphatic heterocycles. The average molecular weight is 249 g/mol. The second kappa shape index (κ2) is 4.68. The fourth-order valence-corrected chi connectivity index (χ4v) is 3.23. The lowest BCUT2D eigenvalue weighted by Crippen LogP contribution is -2.33. The van der Waals surface area contributed by atoms with Gasteiger partial charge >= 0.3 is 0 Å². The fraction of sp³-hybridized carbons (Fsp3) is 0.750. The van der Waals surface area contributed by atoms with Crippen molar-refractivity contribution in [1.82, 2.24) is 19.9 Å². The number of aromatic nitrogens is 3. The number of hydrogen-bond donors (Lipinski definition) is 1. The number of hydrogen-bond acceptors (Lipinski definition) is 4. The molecule has 3 unspecified atom stereocenters. The van der Waals surface area contributed by atoms with E-state index in [1.807, 2.05) is 4.90 Å². The molecule has 2 heterocycles. The molecule has 1 aromatic heterocycles. The second-order valence-corrected chi connectivity index (χ2v) is 5.38. The van der Waals surface area contributed by atoms with Crippen LogP contribution in [0.1, 0.15) is 19.3 Å². The minimum Gasteiger partial charge on any atom is -0.342 e. The summed E-state index contributed by atoms with van der Waals surface area (Å²) in [6, 6.07) is 0.295. The van der Waals surface area contributed by atoms with E-state index in [0.29, 0.717) is 30.8 Å². The molecule has 1 amide bonds. The molecule has 2 N–H and O–H groups in total. The summed E-state index contributed by atoms with van der Waals surface area (Å²) in [5, 5.41) is 7.59. The van der Waals surface area contributed by atoms with E-state index in [9.17, 15) is 4.79 Å². The highest BCUT2D eigenvalue weighted by molar-refractivity contribution is 5.76. The summed E-state index contributed by atoms with van der Waals surface area (Å²) in [5.74, 6) is 1.38. The molecule has 1 aliphatic carbocycles. The minimum atomic E-state index is 0.215. The maximum atomic E-state index is 12.1. The van der Waals surface area contributed by atoms with E-state index in [1.54, 1.807) is 17.1 Å². The number of amides is 1. The third-order valence-corrected chi connectivity index (χ3v) is 4.29. The van der Waals surface area contributed by atoms with Crippen molar-refractivity contribution in [1.29, 1.82) is 0 Å². The summed E-state index contributed by atoms with van der Waals surface area (Å²) in [4.78, 5) is 14.1. The molecule has 98 valence electrons. The highest BCUT2D eigenvalue weighted by Gasteiger charge is 2.42. The minimum absolute atomic E-state index is 0.215. The Morgan fingerprint density at radius 1 is 1.39 bits per heavy atom. The Bertz CT molecular complexity index is 418. The SMILES string of the molecule is NC1CCC2CN(C(=O)CCn3ccnn3)CC12. The van der Waals surface area contributed by atoms with Crippen LogP contribution in [0.4, 0.5) is 0 Å². The Morgan fingerprint density at radius 3 is 3.00 bits per heavy atom. The van der Waals surface area contributed by atoms with Gasteiger partial charge in [0.15, 0.2) is 0 Å². The summed E-state index contributed by atoms with van der Waals surface area (Å²) in [7, 11) is 0. The molecule has 1 saturated heterocycles. The van der Waals surface area contributed by atoms with Crippen LogP contribution >= 0.6 is 0 Å². The number of nitrogens with zero attached hydrogens (tertiary/aromatic N) is 4. The summed E-state index contributed by atoms with van der Waals surface area (Å²) in [5.41, 5.74) is 6.07. The Labute approximate surface area is 106 Å². The van der Waals surface area contributed by atoms with E-state index < -0.39 is 0 Å². The van der Waals surface area contributed by atoms with Gasteiger partial charge in [0.2, 0.25) is 5.91 Å². The van der Waals surface area contributed by atoms with Gasteiger partial charge in [-0.05, 0) is 24.7 Å². The summed E-state index contributed by atoms with van der Waals surface area (Å²) < 4.78 is 1.69. The highest BCUT2D eigenvalue weighted by Crippen LogP contribution is 2.37. The van der Waals surface area contributed by atoms with Crippen molar-refractivity contribution in [3.63, 3.8) is 0 Å². The summed E-state index contributed by atoms with van der Waals surface area (Å²) in [6.45, 7) is 2.35. The van der Waals surface area contributed by atoms with Gasteiger partial charge in [-0.15, -0.1) is 5.10 Å². The van der Waals surface area contributed by atoms with Crippen molar-refractivity contribution in [2.75, 3.05) is 13.1 Å². The van der Waals surface area contributed by atoms with Crippen LogP contribution in [0.5, 0.6) is 0 Å². The molecule has 3 rings (SSSR count). The zero-order chi connectivity index (χ0) is 12.5. The van der Waals surface area contributed by atoms with Gasteiger partial charge < -0.3 is 10.6 Å². The van der Waals surface area contributed by atoms with Gasteiger partial charge in [-0.25, -0.2) is 0 Å². The van der Waals surface area contributed by atoms with Gasteiger partial charge in [-0.1, -0.05) is 5.21 Å². The Hall–Kier alpha value is -1.43. The van der Waals surface area contributed by atoms with Crippen LogP contribution in [0, 0.1) is 11.8 Å². The number of fused-ring (bicyclic) bond motifs is 1. The van der Waals surface area contributed by atoms with Crippen LogP contribution in [-0.2, 0) is 11.3 Å². The zero-order valence-electron chi connectivity index (χ0n) is 10.4. The molecule has 0 radical (unpaired) electrons. The van der Waals surface area contributed by atoms with Crippen molar-refractivity contribution >= 4 is 5.91 Å². The fourth-order valence-electron chi connectivity index (χ4n) is 3.23. The van der Waals surface area contributed by atoms with Crippen LogP contribution in [0.3, 0.4) is 0 Å². The van der Waals surface area contributed by atoms with Gasteiger partial charge in [-0.2, -0.15) is 0 Å². The van der Waals surface area contributed by atoms with Gasteiger partial charge in [0.25, 0.3) is 0 Å². The zero-order valence-corrected chi connectivity index (χ0v) is 10.4. The molecule has 0 aromatic carbocycles. The van der Waals surface area contributed by atoms with Gasteiger partial charge in [-0.3, -0.25) is 9.48 Å². The van der Waals surface area contributed by atoms with Gasteiger partial charge in [0.1, 0.15) is 0 Å².